The third-order valence-corrected chi connectivity index (χ3v) is 4.18. The van der Waals surface area contributed by atoms with Crippen molar-refractivity contribution < 1.29 is 18.0 Å². The van der Waals surface area contributed by atoms with Gasteiger partial charge in [0.2, 0.25) is 5.89 Å². The number of benzene rings is 1. The zero-order valence-electron chi connectivity index (χ0n) is 15.5. The van der Waals surface area contributed by atoms with Crippen LogP contribution in [0.4, 0.5) is 14.5 Å². The molecule has 1 aromatic carbocycles. The predicted octanol–water partition coefficient (Wildman–Crippen LogP) is 3.76. The highest BCUT2D eigenvalue weighted by Gasteiger charge is 2.22. The Labute approximate surface area is 163 Å². The molecule has 0 atom stereocenters. The molecule has 3 aromatic heterocycles. The number of nitrogens with one attached hydrogen (secondary N) is 1. The first kappa shape index (κ1) is 18.5. The molecule has 10 heteroatoms. The van der Waals surface area contributed by atoms with Gasteiger partial charge < -0.3 is 9.73 Å². The fraction of sp³-hybridized carbons (Fsp3) is 0.158. The number of alkyl halides is 2. The summed E-state index contributed by atoms with van der Waals surface area (Å²) in [6.45, 7) is 1.92. The lowest BCUT2D eigenvalue weighted by atomic mass is 10.2. The van der Waals surface area contributed by atoms with Crippen LogP contribution in [0.25, 0.3) is 17.1 Å². The Morgan fingerprint density at radius 2 is 1.97 bits per heavy atom. The van der Waals surface area contributed by atoms with Gasteiger partial charge in [-0.05, 0) is 19.1 Å². The number of carbonyl (C=O) groups is 1. The van der Waals surface area contributed by atoms with Gasteiger partial charge in [-0.3, -0.25) is 9.48 Å². The number of hydrogen-bond acceptors (Lipinski definition) is 5. The van der Waals surface area contributed by atoms with Gasteiger partial charge in [-0.1, -0.05) is 17.7 Å². The van der Waals surface area contributed by atoms with Crippen molar-refractivity contribution in [2.24, 2.45) is 7.05 Å². The van der Waals surface area contributed by atoms with Crippen molar-refractivity contribution in [1.82, 2.24) is 24.5 Å². The van der Waals surface area contributed by atoms with Crippen LogP contribution in [0.15, 0.2) is 53.5 Å². The zero-order valence-corrected chi connectivity index (χ0v) is 15.5. The summed E-state index contributed by atoms with van der Waals surface area (Å²) in [7, 11) is 1.73. The zero-order chi connectivity index (χ0) is 20.5. The molecule has 8 nitrogen and oxygen atoms in total. The van der Waals surface area contributed by atoms with Crippen molar-refractivity contribution in [3.05, 3.63) is 66.1 Å². The Bertz CT molecular complexity index is 1160. The average Bonchev–Trinajstić information content (AvgIpc) is 3.41. The van der Waals surface area contributed by atoms with Crippen molar-refractivity contribution in [2.75, 3.05) is 5.32 Å². The quantitative estimate of drug-likeness (QED) is 0.553. The van der Waals surface area contributed by atoms with Crippen LogP contribution in [-0.4, -0.2) is 30.5 Å². The van der Waals surface area contributed by atoms with Crippen LogP contribution in [0.2, 0.25) is 0 Å². The molecular formula is C19H16F2N6O2. The van der Waals surface area contributed by atoms with Gasteiger partial charge in [-0.15, -0.1) is 0 Å². The Kier molecular flexibility index (Phi) is 4.67. The summed E-state index contributed by atoms with van der Waals surface area (Å²) in [5.41, 5.74) is 1.53. The number of aryl methyl sites for hydroxylation is 2. The highest BCUT2D eigenvalue weighted by atomic mass is 19.3. The molecule has 1 N–H and O–H groups in total. The molecule has 0 saturated heterocycles. The van der Waals surface area contributed by atoms with Crippen molar-refractivity contribution in [3.8, 4) is 17.1 Å². The topological polar surface area (TPSA) is 90.8 Å². The number of amides is 1. The second-order valence-electron chi connectivity index (χ2n) is 6.40. The van der Waals surface area contributed by atoms with Crippen molar-refractivity contribution in [2.45, 2.75) is 13.3 Å². The van der Waals surface area contributed by atoms with Crippen LogP contribution in [0.5, 0.6) is 0 Å². The molecule has 0 radical (unpaired) electrons. The molecule has 29 heavy (non-hydrogen) atoms. The Morgan fingerprint density at radius 1 is 1.21 bits per heavy atom. The van der Waals surface area contributed by atoms with E-state index in [1.165, 1.54) is 17.1 Å². The van der Waals surface area contributed by atoms with Gasteiger partial charge in [0.25, 0.3) is 12.3 Å². The monoisotopic (exact) mass is 398 g/mol. The normalized spacial score (nSPS) is 11.2. The lowest BCUT2D eigenvalue weighted by Crippen LogP contribution is -2.13. The molecule has 0 bridgehead atoms. The maximum absolute atomic E-state index is 13.4. The van der Waals surface area contributed by atoms with Crippen LogP contribution in [0, 0.1) is 6.92 Å². The van der Waals surface area contributed by atoms with Gasteiger partial charge in [-0.25, -0.2) is 18.4 Å². The number of rotatable bonds is 5. The lowest BCUT2D eigenvalue weighted by molar-refractivity contribution is 0.102. The van der Waals surface area contributed by atoms with Gasteiger partial charge in [0.05, 0.1) is 29.3 Å². The van der Waals surface area contributed by atoms with E-state index in [2.05, 4.69) is 20.5 Å². The Hall–Kier alpha value is -3.82. The Morgan fingerprint density at radius 3 is 2.62 bits per heavy atom. The van der Waals surface area contributed by atoms with E-state index in [1.54, 1.807) is 30.1 Å². The van der Waals surface area contributed by atoms with Crippen LogP contribution >= 0.6 is 0 Å². The van der Waals surface area contributed by atoms with Gasteiger partial charge in [-0.2, -0.15) is 10.2 Å². The summed E-state index contributed by atoms with van der Waals surface area (Å²) in [5, 5.41) is 10.3. The van der Waals surface area contributed by atoms with Crippen LogP contribution in [0.1, 0.15) is 28.2 Å². The number of hydrogen-bond donors (Lipinski definition) is 1. The number of nitrogens with zero attached hydrogens (tertiary/aromatic N) is 5. The molecule has 3 heterocycles. The Balaban J connectivity index is 1.59. The molecule has 4 rings (SSSR count). The van der Waals surface area contributed by atoms with Gasteiger partial charge in [0.15, 0.2) is 11.4 Å². The van der Waals surface area contributed by atoms with E-state index in [-0.39, 0.29) is 17.3 Å². The molecule has 0 saturated carbocycles. The first-order valence-corrected chi connectivity index (χ1v) is 8.61. The highest BCUT2D eigenvalue weighted by molar-refractivity contribution is 6.03. The number of anilines is 1. The molecule has 1 amide bonds. The second-order valence-corrected chi connectivity index (χ2v) is 6.40. The molecular weight excluding hydrogens is 382 g/mol. The summed E-state index contributed by atoms with van der Waals surface area (Å²) >= 11 is 0. The van der Waals surface area contributed by atoms with Crippen LogP contribution in [0.3, 0.4) is 0 Å². The highest BCUT2D eigenvalue weighted by Crippen LogP contribution is 2.27. The molecule has 0 aliphatic carbocycles. The van der Waals surface area contributed by atoms with E-state index in [1.807, 2.05) is 19.1 Å². The van der Waals surface area contributed by atoms with Crippen LogP contribution in [-0.2, 0) is 7.05 Å². The molecule has 148 valence electrons. The van der Waals surface area contributed by atoms with E-state index >= 15 is 0 Å². The summed E-state index contributed by atoms with van der Waals surface area (Å²) in [6.07, 6.45) is 2.85. The predicted molar refractivity (Wildman–Crippen MR) is 99.9 cm³/mol. The number of aromatic nitrogens is 5. The average molecular weight is 398 g/mol. The third-order valence-electron chi connectivity index (χ3n) is 4.18. The number of halogens is 2. The van der Waals surface area contributed by atoms with Crippen LogP contribution < -0.4 is 5.32 Å². The van der Waals surface area contributed by atoms with Gasteiger partial charge in [0, 0.05) is 13.2 Å². The summed E-state index contributed by atoms with van der Waals surface area (Å²) in [5.74, 6) is -0.484. The van der Waals surface area contributed by atoms with Crippen molar-refractivity contribution in [1.29, 1.82) is 0 Å². The van der Waals surface area contributed by atoms with E-state index in [0.29, 0.717) is 11.3 Å². The van der Waals surface area contributed by atoms with E-state index in [9.17, 15) is 13.6 Å². The third kappa shape index (κ3) is 3.77. The number of carbonyl (C=O) groups excluding carboxylic acids is 1. The van der Waals surface area contributed by atoms with Gasteiger partial charge in [0.1, 0.15) is 6.26 Å². The fourth-order valence-corrected chi connectivity index (χ4v) is 2.70. The second kappa shape index (κ2) is 7.30. The maximum Gasteiger partial charge on any atom is 0.284 e. The van der Waals surface area contributed by atoms with E-state index < -0.39 is 18.0 Å². The molecule has 4 aromatic rings. The summed E-state index contributed by atoms with van der Waals surface area (Å²) in [4.78, 5) is 16.6. The molecule has 0 unspecified atom stereocenters. The van der Waals surface area contributed by atoms with E-state index in [0.717, 1.165) is 11.8 Å². The first-order valence-electron chi connectivity index (χ1n) is 8.61. The minimum Gasteiger partial charge on any atom is -0.444 e. The molecule has 0 fully saturated rings. The fourth-order valence-electron chi connectivity index (χ4n) is 2.70. The first-order chi connectivity index (χ1) is 13.9. The standard InChI is InChI=1S/C19H16F2N6O2/c1-11-3-5-13(6-4-11)27-9-14(16(25-27)17(20)21)23-18(28)15-10-29-19(24-15)12-7-22-26(2)8-12/h3-10,17H,1-2H3,(H,23,28). The van der Waals surface area contributed by atoms with E-state index in [4.69, 9.17) is 4.42 Å². The molecule has 0 aliphatic rings. The summed E-state index contributed by atoms with van der Waals surface area (Å²) in [6, 6.07) is 7.18. The van der Waals surface area contributed by atoms with Gasteiger partial charge >= 0.3 is 0 Å². The maximum atomic E-state index is 13.4. The summed E-state index contributed by atoms with van der Waals surface area (Å²) < 4.78 is 35.0. The molecule has 0 aliphatic heterocycles. The minimum atomic E-state index is -2.86. The van der Waals surface area contributed by atoms with Crippen molar-refractivity contribution in [3.63, 3.8) is 0 Å². The lowest BCUT2D eigenvalue weighted by Gasteiger charge is -2.01. The smallest absolute Gasteiger partial charge is 0.284 e. The largest absolute Gasteiger partial charge is 0.444 e. The minimum absolute atomic E-state index is 0.0489. The van der Waals surface area contributed by atoms with Crippen molar-refractivity contribution >= 4 is 11.6 Å². The number of oxazole rings is 1. The SMILES string of the molecule is Cc1ccc(-n2cc(NC(=O)c3coc(-c4cnn(C)c4)n3)c(C(F)F)n2)cc1. The molecule has 0 spiro atoms.